The lowest BCUT2D eigenvalue weighted by Gasteiger charge is -2.14. The highest BCUT2D eigenvalue weighted by molar-refractivity contribution is 5.98. The summed E-state index contributed by atoms with van der Waals surface area (Å²) in [6, 6.07) is 23.7. The molecular formula is C23H23N3O3. The van der Waals surface area contributed by atoms with Crippen molar-refractivity contribution in [1.29, 1.82) is 0 Å². The van der Waals surface area contributed by atoms with E-state index < -0.39 is 0 Å². The van der Waals surface area contributed by atoms with Crippen LogP contribution in [0.1, 0.15) is 10.4 Å². The Kier molecular flexibility index (Phi) is 6.47. The molecule has 0 radical (unpaired) electrons. The lowest BCUT2D eigenvalue weighted by atomic mass is 10.2. The van der Waals surface area contributed by atoms with Crippen LogP contribution in [0.2, 0.25) is 0 Å². The minimum Gasteiger partial charge on any atom is -0.455 e. The van der Waals surface area contributed by atoms with Crippen molar-refractivity contribution in [3.8, 4) is 11.5 Å². The Morgan fingerprint density at radius 3 is 2.38 bits per heavy atom. The van der Waals surface area contributed by atoms with Gasteiger partial charge in [0.15, 0.2) is 5.75 Å². The van der Waals surface area contributed by atoms with Gasteiger partial charge in [-0.25, -0.2) is 0 Å². The molecule has 0 spiro atoms. The van der Waals surface area contributed by atoms with E-state index in [-0.39, 0.29) is 18.4 Å². The molecule has 148 valence electrons. The van der Waals surface area contributed by atoms with E-state index in [1.165, 1.54) is 4.90 Å². The highest BCUT2D eigenvalue weighted by atomic mass is 16.5. The minimum absolute atomic E-state index is 0.0566. The van der Waals surface area contributed by atoms with E-state index >= 15 is 0 Å². The second-order valence-electron chi connectivity index (χ2n) is 6.59. The number of carbonyl (C=O) groups excluding carboxylic acids is 2. The fourth-order valence-corrected chi connectivity index (χ4v) is 2.69. The molecule has 0 aliphatic heterocycles. The summed E-state index contributed by atoms with van der Waals surface area (Å²) < 4.78 is 5.89. The molecule has 0 unspecified atom stereocenters. The van der Waals surface area contributed by atoms with E-state index in [4.69, 9.17) is 4.74 Å². The summed E-state index contributed by atoms with van der Waals surface area (Å²) in [5, 5.41) is 5.90. The Morgan fingerprint density at radius 2 is 1.62 bits per heavy atom. The van der Waals surface area contributed by atoms with Gasteiger partial charge in [0, 0.05) is 25.3 Å². The second-order valence-corrected chi connectivity index (χ2v) is 6.59. The second kappa shape index (κ2) is 9.41. The Labute approximate surface area is 170 Å². The molecule has 3 aromatic rings. The largest absolute Gasteiger partial charge is 0.455 e. The monoisotopic (exact) mass is 389 g/mol. The highest BCUT2D eigenvalue weighted by Gasteiger charge is 2.10. The predicted molar refractivity (Wildman–Crippen MR) is 115 cm³/mol. The number of benzene rings is 3. The molecule has 0 saturated carbocycles. The lowest BCUT2D eigenvalue weighted by Crippen LogP contribution is -2.23. The molecule has 2 amide bonds. The van der Waals surface area contributed by atoms with Gasteiger partial charge in [0.1, 0.15) is 5.75 Å². The van der Waals surface area contributed by atoms with Crippen LogP contribution in [0.3, 0.4) is 0 Å². The summed E-state index contributed by atoms with van der Waals surface area (Å²) in [6.45, 7) is 0.0566. The van der Waals surface area contributed by atoms with Crippen LogP contribution in [-0.2, 0) is 4.79 Å². The summed E-state index contributed by atoms with van der Waals surface area (Å²) >= 11 is 0. The predicted octanol–water partition coefficient (Wildman–Crippen LogP) is 4.23. The Bertz CT molecular complexity index is 987. The molecule has 6 nitrogen and oxygen atoms in total. The third kappa shape index (κ3) is 5.59. The summed E-state index contributed by atoms with van der Waals surface area (Å²) in [4.78, 5) is 25.9. The van der Waals surface area contributed by atoms with E-state index in [0.717, 1.165) is 0 Å². The van der Waals surface area contributed by atoms with E-state index in [1.54, 1.807) is 38.4 Å². The van der Waals surface area contributed by atoms with Crippen molar-refractivity contribution >= 4 is 23.2 Å². The van der Waals surface area contributed by atoms with Crippen molar-refractivity contribution in [2.45, 2.75) is 0 Å². The number of para-hydroxylation sites is 3. The molecule has 29 heavy (non-hydrogen) atoms. The van der Waals surface area contributed by atoms with Crippen molar-refractivity contribution in [2.75, 3.05) is 31.3 Å². The van der Waals surface area contributed by atoms with Crippen molar-refractivity contribution in [3.63, 3.8) is 0 Å². The first-order valence-electron chi connectivity index (χ1n) is 9.20. The first-order chi connectivity index (χ1) is 14.0. The first kappa shape index (κ1) is 19.9. The van der Waals surface area contributed by atoms with Gasteiger partial charge in [-0.05, 0) is 42.5 Å². The number of ether oxygens (including phenoxy) is 1. The summed E-state index contributed by atoms with van der Waals surface area (Å²) in [6.07, 6.45) is 0. The fraction of sp³-hybridized carbons (Fsp3) is 0.130. The van der Waals surface area contributed by atoms with E-state index in [1.807, 2.05) is 54.6 Å². The van der Waals surface area contributed by atoms with Crippen molar-refractivity contribution in [2.24, 2.45) is 0 Å². The number of nitrogens with zero attached hydrogens (tertiary/aromatic N) is 1. The van der Waals surface area contributed by atoms with Gasteiger partial charge in [-0.2, -0.15) is 0 Å². The van der Waals surface area contributed by atoms with Crippen molar-refractivity contribution < 1.29 is 14.3 Å². The van der Waals surface area contributed by atoms with Crippen LogP contribution < -0.4 is 15.4 Å². The number of hydrogen-bond acceptors (Lipinski definition) is 4. The molecule has 3 aromatic carbocycles. The van der Waals surface area contributed by atoms with Gasteiger partial charge >= 0.3 is 0 Å². The zero-order valence-electron chi connectivity index (χ0n) is 16.4. The van der Waals surface area contributed by atoms with E-state index in [9.17, 15) is 9.59 Å². The van der Waals surface area contributed by atoms with Gasteiger partial charge in [-0.3, -0.25) is 9.59 Å². The molecule has 0 bridgehead atoms. The fourth-order valence-electron chi connectivity index (χ4n) is 2.69. The third-order valence-electron chi connectivity index (χ3n) is 4.10. The number of rotatable bonds is 7. The van der Waals surface area contributed by atoms with Crippen LogP contribution in [0.5, 0.6) is 11.5 Å². The number of hydrogen-bond donors (Lipinski definition) is 2. The van der Waals surface area contributed by atoms with E-state index in [0.29, 0.717) is 28.4 Å². The molecule has 0 heterocycles. The van der Waals surface area contributed by atoms with Crippen LogP contribution in [0.4, 0.5) is 11.4 Å². The van der Waals surface area contributed by atoms with Gasteiger partial charge in [0.05, 0.1) is 12.2 Å². The minimum atomic E-state index is -0.228. The Balaban J connectivity index is 1.62. The summed E-state index contributed by atoms with van der Waals surface area (Å²) in [7, 11) is 3.37. The average molecular weight is 389 g/mol. The molecule has 0 aliphatic carbocycles. The third-order valence-corrected chi connectivity index (χ3v) is 4.10. The standard InChI is InChI=1S/C23H23N3O3/c1-26(2)23(28)17-9-8-10-18(15-17)25-22(27)16-24-20-13-6-7-14-21(20)29-19-11-4-3-5-12-19/h3-15,24H,16H2,1-2H3,(H,25,27). The van der Waals surface area contributed by atoms with Crippen LogP contribution in [0.15, 0.2) is 78.9 Å². The molecule has 2 N–H and O–H groups in total. The number of carbonyl (C=O) groups is 2. The topological polar surface area (TPSA) is 70.7 Å². The molecule has 0 aromatic heterocycles. The van der Waals surface area contributed by atoms with Gasteiger partial charge in [-0.1, -0.05) is 36.4 Å². The zero-order chi connectivity index (χ0) is 20.6. The number of anilines is 2. The van der Waals surface area contributed by atoms with Crippen LogP contribution in [0.25, 0.3) is 0 Å². The number of nitrogens with one attached hydrogen (secondary N) is 2. The summed E-state index contributed by atoms with van der Waals surface area (Å²) in [5.74, 6) is 0.999. The smallest absolute Gasteiger partial charge is 0.253 e. The summed E-state index contributed by atoms with van der Waals surface area (Å²) in [5.41, 5.74) is 1.80. The zero-order valence-corrected chi connectivity index (χ0v) is 16.4. The SMILES string of the molecule is CN(C)C(=O)c1cccc(NC(=O)CNc2ccccc2Oc2ccccc2)c1. The van der Waals surface area contributed by atoms with Crippen LogP contribution in [-0.4, -0.2) is 37.4 Å². The average Bonchev–Trinajstić information content (AvgIpc) is 2.73. The normalized spacial score (nSPS) is 10.1. The van der Waals surface area contributed by atoms with Gasteiger partial charge < -0.3 is 20.3 Å². The van der Waals surface area contributed by atoms with Crippen molar-refractivity contribution in [3.05, 3.63) is 84.4 Å². The maximum Gasteiger partial charge on any atom is 0.253 e. The van der Waals surface area contributed by atoms with Gasteiger partial charge in [0.2, 0.25) is 5.91 Å². The Morgan fingerprint density at radius 1 is 0.897 bits per heavy atom. The molecule has 3 rings (SSSR count). The van der Waals surface area contributed by atoms with Crippen LogP contribution in [0, 0.1) is 0 Å². The molecule has 0 aliphatic rings. The number of amides is 2. The molecule has 0 atom stereocenters. The molecule has 0 fully saturated rings. The highest BCUT2D eigenvalue weighted by Crippen LogP contribution is 2.28. The Hall–Kier alpha value is -3.80. The molecule has 6 heteroatoms. The molecular weight excluding hydrogens is 366 g/mol. The van der Waals surface area contributed by atoms with Gasteiger partial charge in [-0.15, -0.1) is 0 Å². The van der Waals surface area contributed by atoms with Gasteiger partial charge in [0.25, 0.3) is 5.91 Å². The lowest BCUT2D eigenvalue weighted by molar-refractivity contribution is -0.114. The van der Waals surface area contributed by atoms with Crippen molar-refractivity contribution in [1.82, 2.24) is 4.90 Å². The first-order valence-corrected chi connectivity index (χ1v) is 9.20. The maximum atomic E-state index is 12.4. The quantitative estimate of drug-likeness (QED) is 0.634. The maximum absolute atomic E-state index is 12.4. The van der Waals surface area contributed by atoms with E-state index in [2.05, 4.69) is 10.6 Å². The molecule has 0 saturated heterocycles. The van der Waals surface area contributed by atoms with Crippen LogP contribution >= 0.6 is 0 Å².